The third kappa shape index (κ3) is 4.70. The molecule has 2 heterocycles. The summed E-state index contributed by atoms with van der Waals surface area (Å²) in [6, 6.07) is 11.2. The molecular weight excluding hydrogens is 382 g/mol. The van der Waals surface area contributed by atoms with Gasteiger partial charge in [0, 0.05) is 30.6 Å². The van der Waals surface area contributed by atoms with Crippen molar-refractivity contribution in [2.45, 2.75) is 38.6 Å². The molecule has 3 rings (SSSR count). The minimum absolute atomic E-state index is 0.0123. The highest BCUT2D eigenvalue weighted by molar-refractivity contribution is 7.10. The van der Waals surface area contributed by atoms with Gasteiger partial charge in [-0.25, -0.2) is 0 Å². The molecule has 6 heteroatoms. The van der Waals surface area contributed by atoms with Gasteiger partial charge in [-0.3, -0.25) is 9.59 Å². The zero-order chi connectivity index (χ0) is 20.8. The van der Waals surface area contributed by atoms with Crippen molar-refractivity contribution in [2.24, 2.45) is 0 Å². The van der Waals surface area contributed by atoms with Gasteiger partial charge in [-0.15, -0.1) is 11.3 Å². The predicted molar refractivity (Wildman–Crippen MR) is 118 cm³/mol. The quantitative estimate of drug-likeness (QED) is 0.678. The Hall–Kier alpha value is -2.18. The lowest BCUT2D eigenvalue weighted by Gasteiger charge is -2.39. The van der Waals surface area contributed by atoms with Gasteiger partial charge in [0.2, 0.25) is 5.91 Å². The lowest BCUT2D eigenvalue weighted by Crippen LogP contribution is -2.46. The predicted octanol–water partition coefficient (Wildman–Crippen LogP) is 3.90. The number of nitrogens with zero attached hydrogens (tertiary/aromatic N) is 2. The topological polar surface area (TPSA) is 52.7 Å². The van der Waals surface area contributed by atoms with Gasteiger partial charge < -0.3 is 15.1 Å². The van der Waals surface area contributed by atoms with Crippen LogP contribution in [0.5, 0.6) is 0 Å². The Labute approximate surface area is 177 Å². The molecule has 29 heavy (non-hydrogen) atoms. The first-order valence-electron chi connectivity index (χ1n) is 10.5. The molecule has 1 aliphatic rings. The number of fused-ring (bicyclic) bond motifs is 1. The molecule has 156 valence electrons. The highest BCUT2D eigenvalue weighted by Gasteiger charge is 2.42. The largest absolute Gasteiger partial charge is 0.354 e. The van der Waals surface area contributed by atoms with Crippen molar-refractivity contribution < 1.29 is 9.59 Å². The Morgan fingerprint density at radius 2 is 1.97 bits per heavy atom. The Morgan fingerprint density at radius 1 is 1.17 bits per heavy atom. The van der Waals surface area contributed by atoms with Gasteiger partial charge in [0.1, 0.15) is 0 Å². The maximum Gasteiger partial charge on any atom is 0.254 e. The molecule has 2 amide bonds. The van der Waals surface area contributed by atoms with Gasteiger partial charge in [-0.2, -0.15) is 0 Å². The first kappa shape index (κ1) is 21.5. The summed E-state index contributed by atoms with van der Waals surface area (Å²) in [5, 5.41) is 5.14. The summed E-state index contributed by atoms with van der Waals surface area (Å²) in [7, 11) is 1.80. The standard InChI is InChI=1S/C23H31N3O2S/c1-4-6-14-26(5-2)15-13-24-22(27)20-17-10-7-8-11-18(17)23(28)25(3)21(20)19-12-9-16-29-19/h7-12,16,20-21H,4-6,13-15H2,1-3H3,(H,24,27)/t20-,21+/m1/s1. The summed E-state index contributed by atoms with van der Waals surface area (Å²) in [5.41, 5.74) is 1.45. The molecule has 2 atom stereocenters. The molecule has 1 aromatic carbocycles. The van der Waals surface area contributed by atoms with Crippen molar-refractivity contribution in [3.63, 3.8) is 0 Å². The van der Waals surface area contributed by atoms with E-state index in [0.717, 1.165) is 30.1 Å². The summed E-state index contributed by atoms with van der Waals surface area (Å²) in [4.78, 5) is 31.4. The molecule has 0 fully saturated rings. The Bertz CT molecular complexity index is 821. The number of hydrogen-bond acceptors (Lipinski definition) is 4. The number of benzene rings is 1. The summed E-state index contributed by atoms with van der Waals surface area (Å²) in [5.74, 6) is -0.445. The fourth-order valence-corrected chi connectivity index (χ4v) is 4.93. The van der Waals surface area contributed by atoms with Crippen molar-refractivity contribution >= 4 is 23.2 Å². The molecule has 5 nitrogen and oxygen atoms in total. The number of likely N-dealkylation sites (N-methyl/N-ethyl adjacent to an activating group) is 2. The monoisotopic (exact) mass is 413 g/mol. The molecule has 0 aliphatic carbocycles. The van der Waals surface area contributed by atoms with Crippen LogP contribution in [-0.4, -0.2) is 54.8 Å². The molecule has 0 unspecified atom stereocenters. The average molecular weight is 414 g/mol. The lowest BCUT2D eigenvalue weighted by atomic mass is 9.82. The summed E-state index contributed by atoms with van der Waals surface area (Å²) in [6.45, 7) is 7.85. The number of carbonyl (C=O) groups excluding carboxylic acids is 2. The second-order valence-corrected chi connectivity index (χ2v) is 8.50. The average Bonchev–Trinajstić information content (AvgIpc) is 3.27. The van der Waals surface area contributed by atoms with Gasteiger partial charge >= 0.3 is 0 Å². The van der Waals surface area contributed by atoms with Crippen molar-refractivity contribution in [3.8, 4) is 0 Å². The third-order valence-electron chi connectivity index (χ3n) is 5.70. The number of unbranched alkanes of at least 4 members (excludes halogenated alkanes) is 1. The smallest absolute Gasteiger partial charge is 0.254 e. The molecule has 1 aliphatic heterocycles. The van der Waals surface area contributed by atoms with Gasteiger partial charge in [0.05, 0.1) is 12.0 Å². The Morgan fingerprint density at radius 3 is 2.66 bits per heavy atom. The van der Waals surface area contributed by atoms with E-state index < -0.39 is 5.92 Å². The zero-order valence-corrected chi connectivity index (χ0v) is 18.4. The van der Waals surface area contributed by atoms with E-state index in [1.165, 1.54) is 12.8 Å². The van der Waals surface area contributed by atoms with E-state index in [2.05, 4.69) is 24.1 Å². The number of rotatable bonds is 9. The van der Waals surface area contributed by atoms with Crippen LogP contribution in [0.15, 0.2) is 41.8 Å². The van der Waals surface area contributed by atoms with Crippen LogP contribution in [0.1, 0.15) is 59.4 Å². The number of nitrogens with one attached hydrogen (secondary N) is 1. The SMILES string of the molecule is CCCCN(CC)CCNC(=O)[C@@H]1c2ccccc2C(=O)N(C)[C@H]1c1cccs1. The van der Waals surface area contributed by atoms with Crippen LogP contribution < -0.4 is 5.32 Å². The molecule has 0 bridgehead atoms. The fourth-order valence-electron chi connectivity index (χ4n) is 4.03. The van der Waals surface area contributed by atoms with Crippen LogP contribution in [0.3, 0.4) is 0 Å². The van der Waals surface area contributed by atoms with Crippen molar-refractivity contribution in [1.29, 1.82) is 0 Å². The molecule has 0 saturated heterocycles. The van der Waals surface area contributed by atoms with Gasteiger partial charge in [0.25, 0.3) is 5.91 Å². The summed E-state index contributed by atoms with van der Waals surface area (Å²) in [6.07, 6.45) is 2.34. The Kier molecular flexibility index (Phi) is 7.45. The van der Waals surface area contributed by atoms with Crippen LogP contribution in [-0.2, 0) is 4.79 Å². The van der Waals surface area contributed by atoms with E-state index in [4.69, 9.17) is 0 Å². The summed E-state index contributed by atoms with van der Waals surface area (Å²) >= 11 is 1.59. The van der Waals surface area contributed by atoms with Crippen LogP contribution in [0.4, 0.5) is 0 Å². The first-order chi connectivity index (χ1) is 14.1. The zero-order valence-electron chi connectivity index (χ0n) is 17.6. The second-order valence-electron chi connectivity index (χ2n) is 7.52. The first-order valence-corrected chi connectivity index (χ1v) is 11.4. The van der Waals surface area contributed by atoms with E-state index in [0.29, 0.717) is 12.1 Å². The van der Waals surface area contributed by atoms with Crippen LogP contribution in [0.2, 0.25) is 0 Å². The minimum Gasteiger partial charge on any atom is -0.354 e. The van der Waals surface area contributed by atoms with E-state index in [-0.39, 0.29) is 17.9 Å². The highest BCUT2D eigenvalue weighted by Crippen LogP contribution is 2.43. The summed E-state index contributed by atoms with van der Waals surface area (Å²) < 4.78 is 0. The van der Waals surface area contributed by atoms with E-state index >= 15 is 0 Å². The van der Waals surface area contributed by atoms with Gasteiger partial charge in [-0.05, 0) is 42.6 Å². The van der Waals surface area contributed by atoms with Crippen molar-refractivity contribution in [2.75, 3.05) is 33.2 Å². The molecule has 0 radical (unpaired) electrons. The molecule has 0 spiro atoms. The number of carbonyl (C=O) groups is 2. The molecule has 1 aromatic heterocycles. The van der Waals surface area contributed by atoms with Crippen molar-refractivity contribution in [1.82, 2.24) is 15.1 Å². The van der Waals surface area contributed by atoms with Gasteiger partial charge in [0.15, 0.2) is 0 Å². The van der Waals surface area contributed by atoms with Gasteiger partial charge in [-0.1, -0.05) is 44.5 Å². The van der Waals surface area contributed by atoms with Crippen molar-refractivity contribution in [3.05, 3.63) is 57.8 Å². The van der Waals surface area contributed by atoms with Crippen LogP contribution >= 0.6 is 11.3 Å². The minimum atomic E-state index is -0.404. The third-order valence-corrected chi connectivity index (χ3v) is 6.64. The lowest BCUT2D eigenvalue weighted by molar-refractivity contribution is -0.124. The molecule has 2 aromatic rings. The molecular formula is C23H31N3O2S. The molecule has 0 saturated carbocycles. The maximum absolute atomic E-state index is 13.3. The Balaban J connectivity index is 1.81. The van der Waals surface area contributed by atoms with E-state index in [1.54, 1.807) is 23.3 Å². The number of thiophene rings is 1. The van der Waals surface area contributed by atoms with E-state index in [1.807, 2.05) is 41.8 Å². The number of hydrogen-bond donors (Lipinski definition) is 1. The molecule has 1 N–H and O–H groups in total. The fraction of sp³-hybridized carbons (Fsp3) is 0.478. The maximum atomic E-state index is 13.3. The highest BCUT2D eigenvalue weighted by atomic mass is 32.1. The second kappa shape index (κ2) is 10.0. The van der Waals surface area contributed by atoms with Crippen LogP contribution in [0.25, 0.3) is 0 Å². The van der Waals surface area contributed by atoms with Crippen LogP contribution in [0, 0.1) is 0 Å². The van der Waals surface area contributed by atoms with E-state index in [9.17, 15) is 9.59 Å². The normalized spacial score (nSPS) is 18.8. The number of amides is 2.